The predicted octanol–water partition coefficient (Wildman–Crippen LogP) is -0.0278. The van der Waals surface area contributed by atoms with E-state index in [0.29, 0.717) is 31.7 Å². The number of carbonyl (C=O) groups is 3. The van der Waals surface area contributed by atoms with Gasteiger partial charge in [0.15, 0.2) is 0 Å². The van der Waals surface area contributed by atoms with Crippen LogP contribution >= 0.6 is 0 Å². The Hall–Kier alpha value is -3.22. The van der Waals surface area contributed by atoms with Crippen LogP contribution in [-0.4, -0.2) is 58.7 Å². The molecule has 1 saturated heterocycles. The predicted molar refractivity (Wildman–Crippen MR) is 91.2 cm³/mol. The van der Waals surface area contributed by atoms with Gasteiger partial charge in [-0.2, -0.15) is 0 Å². The van der Waals surface area contributed by atoms with Crippen LogP contribution < -0.4 is 5.11 Å². The molecule has 1 aromatic carbocycles. The van der Waals surface area contributed by atoms with E-state index in [4.69, 9.17) is 0 Å². The van der Waals surface area contributed by atoms with Crippen LogP contribution in [0.15, 0.2) is 48.8 Å². The lowest BCUT2D eigenvalue weighted by atomic mass is 10.1. The molecule has 0 saturated carbocycles. The minimum Gasteiger partial charge on any atom is -0.545 e. The summed E-state index contributed by atoms with van der Waals surface area (Å²) in [5.74, 6) is -1.55. The Balaban J connectivity index is 1.58. The second kappa shape index (κ2) is 7.77. The molecule has 1 aliphatic heterocycles. The fraction of sp³-hybridized carbons (Fsp3) is 0.263. The van der Waals surface area contributed by atoms with Crippen molar-refractivity contribution in [2.75, 3.05) is 26.2 Å². The van der Waals surface area contributed by atoms with Gasteiger partial charge in [-0.1, -0.05) is 18.2 Å². The van der Waals surface area contributed by atoms with E-state index >= 15 is 0 Å². The number of nitrogens with zero attached hydrogens (tertiary/aromatic N) is 3. The maximum atomic E-state index is 12.5. The summed E-state index contributed by atoms with van der Waals surface area (Å²) in [6.07, 6.45) is 3.62. The summed E-state index contributed by atoms with van der Waals surface area (Å²) in [5.41, 5.74) is 1.14. The van der Waals surface area contributed by atoms with Crippen molar-refractivity contribution in [2.45, 2.75) is 6.42 Å². The number of rotatable bonds is 4. The van der Waals surface area contributed by atoms with E-state index in [-0.39, 0.29) is 23.8 Å². The Bertz CT molecular complexity index is 815. The fourth-order valence-corrected chi connectivity index (χ4v) is 2.91. The maximum Gasteiger partial charge on any atom is 0.253 e. The van der Waals surface area contributed by atoms with Crippen molar-refractivity contribution >= 4 is 17.8 Å². The third-order valence-corrected chi connectivity index (χ3v) is 4.34. The lowest BCUT2D eigenvalue weighted by Gasteiger charge is -2.35. The second-order valence-electron chi connectivity index (χ2n) is 6.08. The molecule has 2 aromatic rings. The number of aromatic carboxylic acids is 1. The van der Waals surface area contributed by atoms with Gasteiger partial charge in [0.05, 0.1) is 12.4 Å². The van der Waals surface area contributed by atoms with Crippen LogP contribution in [0.4, 0.5) is 0 Å². The molecule has 134 valence electrons. The highest BCUT2D eigenvalue weighted by molar-refractivity contribution is 5.97. The van der Waals surface area contributed by atoms with E-state index in [1.807, 2.05) is 6.07 Å². The summed E-state index contributed by atoms with van der Waals surface area (Å²) in [7, 11) is 0. The minimum absolute atomic E-state index is 0.00375. The monoisotopic (exact) mass is 352 g/mol. The zero-order valence-electron chi connectivity index (χ0n) is 14.1. The lowest BCUT2D eigenvalue weighted by Crippen LogP contribution is -2.51. The van der Waals surface area contributed by atoms with Crippen LogP contribution in [0.3, 0.4) is 0 Å². The van der Waals surface area contributed by atoms with Crippen LogP contribution in [0.5, 0.6) is 0 Å². The van der Waals surface area contributed by atoms with Crippen molar-refractivity contribution in [3.05, 3.63) is 65.5 Å². The smallest absolute Gasteiger partial charge is 0.253 e. The van der Waals surface area contributed by atoms with Gasteiger partial charge in [0.25, 0.3) is 5.91 Å². The van der Waals surface area contributed by atoms with Crippen LogP contribution in [0.2, 0.25) is 0 Å². The Morgan fingerprint density at radius 3 is 2.31 bits per heavy atom. The quantitative estimate of drug-likeness (QED) is 0.770. The molecular weight excluding hydrogens is 334 g/mol. The Morgan fingerprint density at radius 2 is 1.65 bits per heavy atom. The largest absolute Gasteiger partial charge is 0.545 e. The van der Waals surface area contributed by atoms with E-state index in [1.165, 1.54) is 18.2 Å². The number of hydrogen-bond acceptors (Lipinski definition) is 5. The average molecular weight is 352 g/mol. The van der Waals surface area contributed by atoms with Gasteiger partial charge in [-0.05, 0) is 29.3 Å². The molecule has 2 heterocycles. The summed E-state index contributed by atoms with van der Waals surface area (Å²) in [6.45, 7) is 1.72. The third-order valence-electron chi connectivity index (χ3n) is 4.34. The topological polar surface area (TPSA) is 93.6 Å². The highest BCUT2D eigenvalue weighted by atomic mass is 16.4. The molecule has 0 bridgehead atoms. The molecule has 2 amide bonds. The number of pyridine rings is 1. The summed E-state index contributed by atoms with van der Waals surface area (Å²) in [4.78, 5) is 43.2. The van der Waals surface area contributed by atoms with Crippen molar-refractivity contribution < 1.29 is 19.5 Å². The van der Waals surface area contributed by atoms with Gasteiger partial charge in [-0.15, -0.1) is 0 Å². The zero-order valence-corrected chi connectivity index (χ0v) is 14.1. The molecule has 0 N–H and O–H groups in total. The first-order chi connectivity index (χ1) is 12.5. The fourth-order valence-electron chi connectivity index (χ4n) is 2.91. The van der Waals surface area contributed by atoms with E-state index in [2.05, 4.69) is 4.98 Å². The zero-order chi connectivity index (χ0) is 18.5. The molecule has 0 spiro atoms. The molecule has 0 atom stereocenters. The molecule has 0 unspecified atom stereocenters. The van der Waals surface area contributed by atoms with Crippen molar-refractivity contribution in [3.63, 3.8) is 0 Å². The molecule has 26 heavy (non-hydrogen) atoms. The lowest BCUT2D eigenvalue weighted by molar-refractivity contribution is -0.255. The number of aromatic nitrogens is 1. The molecular formula is C19H18N3O4-. The Kier molecular flexibility index (Phi) is 5.26. The highest BCUT2D eigenvalue weighted by Gasteiger charge is 2.25. The van der Waals surface area contributed by atoms with E-state index in [0.717, 1.165) is 5.56 Å². The van der Waals surface area contributed by atoms with Crippen LogP contribution in [0, 0.1) is 0 Å². The average Bonchev–Trinajstić information content (AvgIpc) is 2.68. The van der Waals surface area contributed by atoms with Crippen molar-refractivity contribution in [1.29, 1.82) is 0 Å². The van der Waals surface area contributed by atoms with Crippen molar-refractivity contribution in [2.24, 2.45) is 0 Å². The van der Waals surface area contributed by atoms with Gasteiger partial charge in [0.1, 0.15) is 0 Å². The van der Waals surface area contributed by atoms with Crippen LogP contribution in [0.1, 0.15) is 26.3 Å². The summed E-state index contributed by atoms with van der Waals surface area (Å²) < 4.78 is 0. The van der Waals surface area contributed by atoms with Gasteiger partial charge in [0, 0.05) is 44.1 Å². The maximum absolute atomic E-state index is 12.5. The first-order valence-corrected chi connectivity index (χ1v) is 8.32. The normalized spacial score (nSPS) is 14.2. The summed E-state index contributed by atoms with van der Waals surface area (Å²) in [5, 5.41) is 10.9. The highest BCUT2D eigenvalue weighted by Crippen LogP contribution is 2.12. The minimum atomic E-state index is -1.31. The van der Waals surface area contributed by atoms with Gasteiger partial charge in [-0.25, -0.2) is 0 Å². The summed E-state index contributed by atoms with van der Waals surface area (Å²) >= 11 is 0. The first-order valence-electron chi connectivity index (χ1n) is 8.32. The SMILES string of the molecule is O=C([O-])c1cccc(C(=O)N2CCN(C(=O)Cc3cccnc3)CC2)c1. The van der Waals surface area contributed by atoms with Crippen molar-refractivity contribution in [1.82, 2.24) is 14.8 Å². The number of hydrogen-bond donors (Lipinski definition) is 0. The number of carboxylic acids is 1. The second-order valence-corrected chi connectivity index (χ2v) is 6.08. The number of amides is 2. The summed E-state index contributed by atoms with van der Waals surface area (Å²) in [6, 6.07) is 9.45. The molecule has 0 radical (unpaired) electrons. The first kappa shape index (κ1) is 17.6. The van der Waals surface area contributed by atoms with Gasteiger partial charge < -0.3 is 19.7 Å². The third kappa shape index (κ3) is 4.05. The Labute approximate surface area is 150 Å². The number of benzene rings is 1. The Morgan fingerprint density at radius 1 is 0.962 bits per heavy atom. The molecule has 7 nitrogen and oxygen atoms in total. The van der Waals surface area contributed by atoms with Gasteiger partial charge in [0.2, 0.25) is 5.91 Å². The molecule has 1 fully saturated rings. The molecule has 0 aliphatic carbocycles. The molecule has 1 aromatic heterocycles. The standard InChI is InChI=1S/C19H19N3O4/c23-17(11-14-3-2-6-20-13-14)21-7-9-22(10-8-21)18(24)15-4-1-5-16(12-15)19(25)26/h1-6,12-13H,7-11H2,(H,25,26)/p-1. The molecule has 7 heteroatoms. The van der Waals surface area contributed by atoms with Crippen molar-refractivity contribution in [3.8, 4) is 0 Å². The van der Waals surface area contributed by atoms with Crippen LogP contribution in [-0.2, 0) is 11.2 Å². The van der Waals surface area contributed by atoms with E-state index in [9.17, 15) is 19.5 Å². The molecule has 1 aliphatic rings. The van der Waals surface area contributed by atoms with Crippen LogP contribution in [0.25, 0.3) is 0 Å². The number of piperazine rings is 1. The van der Waals surface area contributed by atoms with Gasteiger partial charge in [-0.3, -0.25) is 14.6 Å². The number of carboxylic acid groups (broad SMARTS) is 1. The van der Waals surface area contributed by atoms with Gasteiger partial charge >= 0.3 is 0 Å². The molecule has 3 rings (SSSR count). The van der Waals surface area contributed by atoms with E-state index in [1.54, 1.807) is 34.3 Å². The number of carbonyl (C=O) groups excluding carboxylic acids is 3. The van der Waals surface area contributed by atoms with E-state index < -0.39 is 5.97 Å².